The third-order valence-corrected chi connectivity index (χ3v) is 2.72. The Morgan fingerprint density at radius 3 is 2.50 bits per heavy atom. The van der Waals surface area contributed by atoms with Gasteiger partial charge in [-0.2, -0.15) is 0 Å². The fourth-order valence-electron chi connectivity index (χ4n) is 1.68. The highest BCUT2D eigenvalue weighted by molar-refractivity contribution is 5.85. The van der Waals surface area contributed by atoms with Crippen molar-refractivity contribution in [1.29, 1.82) is 0 Å². The lowest BCUT2D eigenvalue weighted by atomic mass is 10.1. The Bertz CT molecular complexity index is 346. The van der Waals surface area contributed by atoms with E-state index in [2.05, 4.69) is 17.4 Å². The first-order chi connectivity index (χ1) is 8.13. The molecule has 1 rings (SSSR count). The molecule has 0 fully saturated rings. The van der Waals surface area contributed by atoms with Crippen molar-refractivity contribution in [2.75, 3.05) is 6.61 Å². The molecule has 0 aliphatic rings. The van der Waals surface area contributed by atoms with Gasteiger partial charge in [0.25, 0.3) is 0 Å². The van der Waals surface area contributed by atoms with Gasteiger partial charge in [0.2, 0.25) is 5.91 Å². The molecule has 18 heavy (non-hydrogen) atoms. The lowest BCUT2D eigenvalue weighted by molar-refractivity contribution is -0.121. The minimum Gasteiger partial charge on any atom is -0.394 e. The van der Waals surface area contributed by atoms with E-state index in [1.807, 2.05) is 25.1 Å². The highest BCUT2D eigenvalue weighted by Gasteiger charge is 2.15. The van der Waals surface area contributed by atoms with Gasteiger partial charge in [0, 0.05) is 6.04 Å². The Hall–Kier alpha value is -1.10. The maximum atomic E-state index is 10.9. The predicted molar refractivity (Wildman–Crippen MR) is 74.7 cm³/mol. The summed E-state index contributed by atoms with van der Waals surface area (Å²) >= 11 is 0. The summed E-state index contributed by atoms with van der Waals surface area (Å²) in [5, 5.41) is 12.0. The number of halogens is 1. The van der Waals surface area contributed by atoms with Crippen molar-refractivity contribution in [3.63, 3.8) is 0 Å². The lowest BCUT2D eigenvalue weighted by Gasteiger charge is -2.19. The molecule has 5 heteroatoms. The fraction of sp³-hybridized carbons (Fsp3) is 0.462. The van der Waals surface area contributed by atoms with Crippen molar-refractivity contribution < 1.29 is 9.90 Å². The first-order valence-corrected chi connectivity index (χ1v) is 5.83. The number of amides is 1. The number of carbonyl (C=O) groups excluding carboxylic acids is 1. The average Bonchev–Trinajstić information content (AvgIpc) is 2.34. The minimum atomic E-state index is -0.652. The number of hydrogen-bond acceptors (Lipinski definition) is 3. The van der Waals surface area contributed by atoms with Crippen molar-refractivity contribution in [1.82, 2.24) is 5.32 Å². The lowest BCUT2D eigenvalue weighted by Crippen LogP contribution is -2.47. The van der Waals surface area contributed by atoms with E-state index in [9.17, 15) is 4.79 Å². The summed E-state index contributed by atoms with van der Waals surface area (Å²) in [7, 11) is 0. The fourth-order valence-corrected chi connectivity index (χ4v) is 1.68. The molecular weight excluding hydrogens is 252 g/mol. The average molecular weight is 273 g/mol. The molecular formula is C13H21ClN2O2. The molecule has 2 atom stereocenters. The Labute approximate surface area is 114 Å². The molecule has 1 aromatic rings. The van der Waals surface area contributed by atoms with Gasteiger partial charge in [-0.15, -0.1) is 12.4 Å². The normalized spacial score (nSPS) is 13.4. The second kappa shape index (κ2) is 8.91. The molecule has 1 amide bonds. The van der Waals surface area contributed by atoms with Crippen LogP contribution in [0.15, 0.2) is 30.3 Å². The van der Waals surface area contributed by atoms with Crippen molar-refractivity contribution >= 4 is 18.3 Å². The number of aliphatic hydroxyl groups is 1. The third kappa shape index (κ3) is 6.00. The van der Waals surface area contributed by atoms with Gasteiger partial charge in [0.15, 0.2) is 0 Å². The molecule has 0 radical (unpaired) electrons. The zero-order valence-electron chi connectivity index (χ0n) is 10.5. The van der Waals surface area contributed by atoms with Crippen LogP contribution in [0.1, 0.15) is 18.9 Å². The number of primary amides is 1. The maximum Gasteiger partial charge on any atom is 0.236 e. The summed E-state index contributed by atoms with van der Waals surface area (Å²) in [6, 6.07) is 9.63. The van der Waals surface area contributed by atoms with Crippen molar-refractivity contribution in [3.05, 3.63) is 35.9 Å². The van der Waals surface area contributed by atoms with E-state index in [1.54, 1.807) is 0 Å². The van der Waals surface area contributed by atoms with E-state index in [0.29, 0.717) is 0 Å². The van der Waals surface area contributed by atoms with Crippen molar-refractivity contribution in [3.8, 4) is 0 Å². The van der Waals surface area contributed by atoms with Crippen LogP contribution in [0.25, 0.3) is 0 Å². The summed E-state index contributed by atoms with van der Waals surface area (Å²) in [4.78, 5) is 10.9. The highest BCUT2D eigenvalue weighted by Crippen LogP contribution is 2.05. The summed E-state index contributed by atoms with van der Waals surface area (Å²) in [5.41, 5.74) is 6.41. The molecule has 2 unspecified atom stereocenters. The van der Waals surface area contributed by atoms with Gasteiger partial charge >= 0.3 is 0 Å². The molecule has 4 N–H and O–H groups in total. The molecule has 0 aliphatic carbocycles. The number of aliphatic hydroxyl groups excluding tert-OH is 1. The van der Waals surface area contributed by atoms with E-state index in [4.69, 9.17) is 10.8 Å². The van der Waals surface area contributed by atoms with Crippen molar-refractivity contribution in [2.24, 2.45) is 5.73 Å². The number of carbonyl (C=O) groups is 1. The first kappa shape index (κ1) is 16.9. The van der Waals surface area contributed by atoms with Gasteiger partial charge < -0.3 is 16.2 Å². The van der Waals surface area contributed by atoms with Gasteiger partial charge in [-0.25, -0.2) is 0 Å². The highest BCUT2D eigenvalue weighted by atomic mass is 35.5. The zero-order valence-corrected chi connectivity index (χ0v) is 11.3. The quantitative estimate of drug-likeness (QED) is 0.689. The molecule has 0 bridgehead atoms. The number of aryl methyl sites for hydroxylation is 1. The number of benzene rings is 1. The SMILES string of the molecule is CC(CCc1ccccc1)NC(CO)C(N)=O.Cl. The Morgan fingerprint density at radius 1 is 1.39 bits per heavy atom. The van der Waals surface area contributed by atoms with Gasteiger partial charge in [-0.05, 0) is 25.3 Å². The molecule has 0 aromatic heterocycles. The molecule has 0 aliphatic heterocycles. The summed E-state index contributed by atoms with van der Waals surface area (Å²) < 4.78 is 0. The second-order valence-electron chi connectivity index (χ2n) is 4.23. The predicted octanol–water partition coefficient (Wildman–Crippen LogP) is 0.865. The van der Waals surface area contributed by atoms with Gasteiger partial charge in [-0.3, -0.25) is 4.79 Å². The van der Waals surface area contributed by atoms with Crippen LogP contribution < -0.4 is 11.1 Å². The minimum absolute atomic E-state index is 0. The first-order valence-electron chi connectivity index (χ1n) is 5.83. The van der Waals surface area contributed by atoms with Crippen LogP contribution in [-0.4, -0.2) is 29.7 Å². The molecule has 4 nitrogen and oxygen atoms in total. The van der Waals surface area contributed by atoms with E-state index >= 15 is 0 Å². The van der Waals surface area contributed by atoms with Gasteiger partial charge in [-0.1, -0.05) is 30.3 Å². The molecule has 0 saturated carbocycles. The largest absolute Gasteiger partial charge is 0.394 e. The van der Waals surface area contributed by atoms with Gasteiger partial charge in [0.1, 0.15) is 6.04 Å². The monoisotopic (exact) mass is 272 g/mol. The smallest absolute Gasteiger partial charge is 0.236 e. The molecule has 102 valence electrons. The molecule has 0 heterocycles. The van der Waals surface area contributed by atoms with Crippen LogP contribution in [0.3, 0.4) is 0 Å². The van der Waals surface area contributed by atoms with Crippen LogP contribution in [0.5, 0.6) is 0 Å². The third-order valence-electron chi connectivity index (χ3n) is 2.72. The standard InChI is InChI=1S/C13H20N2O2.ClH/c1-10(15-12(9-16)13(14)17)7-8-11-5-3-2-4-6-11;/h2-6,10,12,15-16H,7-9H2,1H3,(H2,14,17);1H. The summed E-state index contributed by atoms with van der Waals surface area (Å²) in [5.74, 6) is -0.515. The van der Waals surface area contributed by atoms with E-state index in [-0.39, 0.29) is 25.1 Å². The number of nitrogens with two attached hydrogens (primary N) is 1. The number of hydrogen-bond donors (Lipinski definition) is 3. The van der Waals surface area contributed by atoms with E-state index < -0.39 is 11.9 Å². The molecule has 0 saturated heterocycles. The Balaban J connectivity index is 0.00000289. The van der Waals surface area contributed by atoms with Crippen LogP contribution in [-0.2, 0) is 11.2 Å². The van der Waals surface area contributed by atoms with Crippen LogP contribution in [0.2, 0.25) is 0 Å². The molecule has 1 aromatic carbocycles. The van der Waals surface area contributed by atoms with Crippen LogP contribution >= 0.6 is 12.4 Å². The number of rotatable bonds is 7. The van der Waals surface area contributed by atoms with Gasteiger partial charge in [0.05, 0.1) is 6.61 Å². The number of nitrogens with one attached hydrogen (secondary N) is 1. The van der Waals surface area contributed by atoms with Crippen LogP contribution in [0.4, 0.5) is 0 Å². The van der Waals surface area contributed by atoms with Crippen LogP contribution in [0, 0.1) is 0 Å². The molecule has 0 spiro atoms. The Morgan fingerprint density at radius 2 is 2.00 bits per heavy atom. The Kier molecular flexibility index (Phi) is 8.37. The summed E-state index contributed by atoms with van der Waals surface area (Å²) in [6.07, 6.45) is 1.83. The van der Waals surface area contributed by atoms with E-state index in [1.165, 1.54) is 5.56 Å². The van der Waals surface area contributed by atoms with E-state index in [0.717, 1.165) is 12.8 Å². The maximum absolute atomic E-state index is 10.9. The van der Waals surface area contributed by atoms with Crippen molar-refractivity contribution in [2.45, 2.75) is 31.8 Å². The summed E-state index contributed by atoms with van der Waals surface area (Å²) in [6.45, 7) is 1.72. The topological polar surface area (TPSA) is 75.3 Å². The second-order valence-corrected chi connectivity index (χ2v) is 4.23. The zero-order chi connectivity index (χ0) is 12.7.